The van der Waals surface area contributed by atoms with Gasteiger partial charge in [0, 0.05) is 11.5 Å². The lowest BCUT2D eigenvalue weighted by atomic mass is 9.86. The van der Waals surface area contributed by atoms with Gasteiger partial charge in [0.1, 0.15) is 0 Å². The summed E-state index contributed by atoms with van der Waals surface area (Å²) in [6.45, 7) is 2.24. The van der Waals surface area contributed by atoms with Crippen molar-refractivity contribution in [2.24, 2.45) is 15.9 Å². The second kappa shape index (κ2) is 13.7. The lowest BCUT2D eigenvalue weighted by Crippen LogP contribution is -2.28. The molecule has 2 heteroatoms. The fourth-order valence-electron chi connectivity index (χ4n) is 7.21. The Labute approximate surface area is 288 Å². The number of hydrogen-bond donors (Lipinski definition) is 0. The fraction of sp³-hybridized carbons (Fsp3) is 0.106. The van der Waals surface area contributed by atoms with Gasteiger partial charge in [0.05, 0.1) is 11.8 Å². The van der Waals surface area contributed by atoms with Crippen molar-refractivity contribution in [2.75, 3.05) is 0 Å². The number of aliphatic imine (C=N–C) groups is 2. The molecule has 2 atom stereocenters. The molecule has 236 valence electrons. The Morgan fingerprint density at radius 3 is 1.84 bits per heavy atom. The number of hydrogen-bond acceptors (Lipinski definition) is 2. The molecule has 2 unspecified atom stereocenters. The van der Waals surface area contributed by atoms with Crippen molar-refractivity contribution in [3.05, 3.63) is 209 Å². The van der Waals surface area contributed by atoms with Crippen LogP contribution in [0.1, 0.15) is 48.1 Å². The van der Waals surface area contributed by atoms with E-state index in [1.54, 1.807) is 0 Å². The Hall–Kier alpha value is -5.86. The summed E-state index contributed by atoms with van der Waals surface area (Å²) in [5.41, 5.74) is 12.0. The lowest BCUT2D eigenvalue weighted by Gasteiger charge is -2.28. The molecule has 3 aliphatic rings. The molecule has 5 aromatic rings. The summed E-state index contributed by atoms with van der Waals surface area (Å²) in [7, 11) is 0. The zero-order valence-electron chi connectivity index (χ0n) is 27.7. The predicted molar refractivity (Wildman–Crippen MR) is 207 cm³/mol. The zero-order valence-corrected chi connectivity index (χ0v) is 27.7. The second-order valence-electron chi connectivity index (χ2n) is 12.9. The van der Waals surface area contributed by atoms with E-state index in [9.17, 15) is 0 Å². The molecule has 49 heavy (non-hydrogen) atoms. The summed E-state index contributed by atoms with van der Waals surface area (Å²) >= 11 is 0. The van der Waals surface area contributed by atoms with E-state index in [4.69, 9.17) is 9.98 Å². The van der Waals surface area contributed by atoms with E-state index < -0.39 is 0 Å². The van der Waals surface area contributed by atoms with Gasteiger partial charge in [0.15, 0.2) is 5.84 Å². The van der Waals surface area contributed by atoms with Crippen LogP contribution in [0.5, 0.6) is 0 Å². The number of benzene rings is 5. The Morgan fingerprint density at radius 2 is 1.16 bits per heavy atom. The van der Waals surface area contributed by atoms with Gasteiger partial charge in [-0.15, -0.1) is 0 Å². The van der Waals surface area contributed by atoms with Gasteiger partial charge in [0.25, 0.3) is 0 Å². The molecule has 0 fully saturated rings. The number of nitrogens with zero attached hydrogens (tertiary/aromatic N) is 2. The topological polar surface area (TPSA) is 24.7 Å². The number of rotatable bonds is 5. The van der Waals surface area contributed by atoms with Gasteiger partial charge in [0.2, 0.25) is 0 Å². The molecule has 0 saturated carbocycles. The van der Waals surface area contributed by atoms with Gasteiger partial charge in [-0.3, -0.25) is 4.99 Å². The first-order valence-electron chi connectivity index (χ1n) is 17.2. The molecule has 0 aromatic heterocycles. The first-order chi connectivity index (χ1) is 24.2. The summed E-state index contributed by atoms with van der Waals surface area (Å²) in [5.74, 6) is 0.924. The third-order valence-electron chi connectivity index (χ3n) is 9.81. The van der Waals surface area contributed by atoms with E-state index in [0.29, 0.717) is 0 Å². The first-order valence-corrected chi connectivity index (χ1v) is 17.2. The maximum absolute atomic E-state index is 5.32. The molecule has 0 spiro atoms. The highest BCUT2D eigenvalue weighted by Gasteiger charge is 2.30. The molecule has 0 bridgehead atoms. The van der Waals surface area contributed by atoms with E-state index in [1.807, 2.05) is 0 Å². The third-order valence-corrected chi connectivity index (χ3v) is 9.81. The van der Waals surface area contributed by atoms with Gasteiger partial charge in [-0.2, -0.15) is 0 Å². The first kappa shape index (κ1) is 30.5. The standard InChI is InChI=1S/C47H38N2/c1-33-45(39-17-7-3-8-18-39)48-47(49-46(33)40-19-9-4-10-20-40)44-24-14-13-23-43(44)38-31-27-35(28-32-38)34-25-29-37(30-26-34)42-22-12-11-21-41(42)36-15-5-2-6-16-36/h2-15,17-29,31-33,45H,16,30H2,1H3/b41-36-,42-37-. The van der Waals surface area contributed by atoms with E-state index in [1.165, 1.54) is 38.3 Å². The lowest BCUT2D eigenvalue weighted by molar-refractivity contribution is 0.592. The van der Waals surface area contributed by atoms with Crippen LogP contribution < -0.4 is 10.4 Å². The van der Waals surface area contributed by atoms with Crippen LogP contribution in [0.3, 0.4) is 0 Å². The quantitative estimate of drug-likeness (QED) is 0.185. The fourth-order valence-corrected chi connectivity index (χ4v) is 7.21. The van der Waals surface area contributed by atoms with Crippen LogP contribution in [0.2, 0.25) is 0 Å². The zero-order chi connectivity index (χ0) is 33.0. The molecule has 2 aliphatic carbocycles. The van der Waals surface area contributed by atoms with Crippen LogP contribution in [0, 0.1) is 5.92 Å². The molecule has 0 amide bonds. The Balaban J connectivity index is 1.12. The van der Waals surface area contributed by atoms with Gasteiger partial charge in [-0.1, -0.05) is 183 Å². The highest BCUT2D eigenvalue weighted by molar-refractivity contribution is 6.16. The highest BCUT2D eigenvalue weighted by Crippen LogP contribution is 2.36. The summed E-state index contributed by atoms with van der Waals surface area (Å²) in [6.07, 6.45) is 17.5. The van der Waals surface area contributed by atoms with Crippen molar-refractivity contribution in [3.63, 3.8) is 0 Å². The van der Waals surface area contributed by atoms with Crippen LogP contribution in [0.25, 0.3) is 27.8 Å². The molecule has 5 aromatic carbocycles. The van der Waals surface area contributed by atoms with E-state index >= 15 is 0 Å². The van der Waals surface area contributed by atoms with Crippen molar-refractivity contribution in [3.8, 4) is 11.1 Å². The van der Waals surface area contributed by atoms with Crippen molar-refractivity contribution in [1.29, 1.82) is 0 Å². The molecule has 0 saturated heterocycles. The van der Waals surface area contributed by atoms with Crippen LogP contribution in [0.4, 0.5) is 0 Å². The van der Waals surface area contributed by atoms with Crippen LogP contribution in [-0.4, -0.2) is 11.5 Å². The maximum atomic E-state index is 5.32. The van der Waals surface area contributed by atoms with Gasteiger partial charge in [-0.05, 0) is 67.8 Å². The second-order valence-corrected chi connectivity index (χ2v) is 12.9. The Morgan fingerprint density at radius 1 is 0.531 bits per heavy atom. The van der Waals surface area contributed by atoms with E-state index in [0.717, 1.165) is 46.6 Å². The summed E-state index contributed by atoms with van der Waals surface area (Å²) in [5, 5.41) is 2.65. The van der Waals surface area contributed by atoms with Crippen molar-refractivity contribution in [2.45, 2.75) is 25.8 Å². The van der Waals surface area contributed by atoms with Crippen molar-refractivity contribution in [1.82, 2.24) is 0 Å². The molecule has 2 nitrogen and oxygen atoms in total. The van der Waals surface area contributed by atoms with Gasteiger partial charge < -0.3 is 0 Å². The minimum absolute atomic E-state index is 0.0208. The average molecular weight is 631 g/mol. The molecule has 1 heterocycles. The highest BCUT2D eigenvalue weighted by atomic mass is 15.0. The number of allylic oxidation sites excluding steroid dienone is 8. The predicted octanol–water partition coefficient (Wildman–Crippen LogP) is 9.84. The molecular weight excluding hydrogens is 593 g/mol. The number of amidine groups is 1. The summed E-state index contributed by atoms with van der Waals surface area (Å²) in [6, 6.07) is 47.4. The smallest absolute Gasteiger partial charge is 0.156 e. The van der Waals surface area contributed by atoms with Crippen molar-refractivity contribution >= 4 is 28.3 Å². The van der Waals surface area contributed by atoms with Crippen LogP contribution in [0.15, 0.2) is 186 Å². The SMILES string of the molecule is CC1C(c2ccccc2)=NC(c2ccccc2-c2ccc(C3=CC/C(=c4/cccc/c4=C4\C=CC=CC4)C=C3)cc2)=NC1c1ccccc1. The normalized spacial score (nSPS) is 20.8. The molecule has 0 N–H and O–H groups in total. The average Bonchev–Trinajstić information content (AvgIpc) is 3.19. The molecular formula is C47H38N2. The minimum atomic E-state index is -0.0208. The van der Waals surface area contributed by atoms with Gasteiger partial charge in [-0.25, -0.2) is 4.99 Å². The summed E-state index contributed by atoms with van der Waals surface area (Å²) < 4.78 is 0. The maximum Gasteiger partial charge on any atom is 0.156 e. The van der Waals surface area contributed by atoms with Crippen LogP contribution in [-0.2, 0) is 0 Å². The van der Waals surface area contributed by atoms with Gasteiger partial charge >= 0.3 is 0 Å². The Kier molecular flexibility index (Phi) is 8.52. The third kappa shape index (κ3) is 6.26. The molecule has 0 radical (unpaired) electrons. The van der Waals surface area contributed by atoms with E-state index in [2.05, 4.69) is 183 Å². The molecule has 1 aliphatic heterocycles. The Bertz CT molecular complexity index is 2320. The van der Waals surface area contributed by atoms with Crippen LogP contribution >= 0.6 is 0 Å². The molecule has 8 rings (SSSR count). The minimum Gasteiger partial charge on any atom is -0.257 e. The van der Waals surface area contributed by atoms with Crippen molar-refractivity contribution < 1.29 is 0 Å². The summed E-state index contributed by atoms with van der Waals surface area (Å²) in [4.78, 5) is 10.6. The van der Waals surface area contributed by atoms with E-state index in [-0.39, 0.29) is 12.0 Å². The largest absolute Gasteiger partial charge is 0.257 e. The monoisotopic (exact) mass is 630 g/mol.